The van der Waals surface area contributed by atoms with Crippen molar-refractivity contribution in [2.45, 2.75) is 23.9 Å². The lowest BCUT2D eigenvalue weighted by Gasteiger charge is -2.32. The highest BCUT2D eigenvalue weighted by molar-refractivity contribution is 7.99. The molecule has 0 spiro atoms. The first-order valence-electron chi connectivity index (χ1n) is 9.82. The number of carbonyl (C=O) groups excluding carboxylic acids is 1. The average molecular weight is 421 g/mol. The number of carbonyl (C=O) groups is 1. The second-order valence-electron chi connectivity index (χ2n) is 7.56. The van der Waals surface area contributed by atoms with Gasteiger partial charge in [0, 0.05) is 29.5 Å². The molecular formula is C22H23F3N2OS. The lowest BCUT2D eigenvalue weighted by Crippen LogP contribution is -2.40. The van der Waals surface area contributed by atoms with Gasteiger partial charge in [0.25, 0.3) is 0 Å². The lowest BCUT2D eigenvalue weighted by molar-refractivity contribution is -0.137. The van der Waals surface area contributed by atoms with Crippen LogP contribution >= 0.6 is 11.8 Å². The molecule has 2 aliphatic rings. The van der Waals surface area contributed by atoms with Gasteiger partial charge in [-0.25, -0.2) is 0 Å². The molecule has 154 valence electrons. The second kappa shape index (κ2) is 8.40. The van der Waals surface area contributed by atoms with E-state index in [9.17, 15) is 18.0 Å². The van der Waals surface area contributed by atoms with Gasteiger partial charge in [0.2, 0.25) is 0 Å². The van der Waals surface area contributed by atoms with Gasteiger partial charge in [-0.1, -0.05) is 24.3 Å². The van der Waals surface area contributed by atoms with E-state index >= 15 is 0 Å². The minimum atomic E-state index is -4.37. The summed E-state index contributed by atoms with van der Waals surface area (Å²) >= 11 is 1.86. The SMILES string of the molecule is O=C(c1ccc(C(F)(F)F)cc1)C1CCN(CCN2CSc3ccccc32)CC1. The standard InChI is InChI=1S/C22H23F3N2OS/c23-22(24,25)18-7-5-16(6-8-18)21(28)17-9-11-26(12-10-17)13-14-27-15-29-20-4-2-1-3-19(20)27/h1-8,17H,9-15H2. The van der Waals surface area contributed by atoms with Gasteiger partial charge in [0.15, 0.2) is 5.78 Å². The summed E-state index contributed by atoms with van der Waals surface area (Å²) < 4.78 is 38.1. The molecule has 0 amide bonds. The second-order valence-corrected chi connectivity index (χ2v) is 8.55. The number of fused-ring (bicyclic) bond motifs is 1. The molecule has 4 rings (SSSR count). The number of alkyl halides is 3. The largest absolute Gasteiger partial charge is 0.416 e. The predicted octanol–water partition coefficient (Wildman–Crippen LogP) is 5.17. The number of hydrogen-bond donors (Lipinski definition) is 0. The maximum atomic E-state index is 12.7. The fourth-order valence-corrected chi connectivity index (χ4v) is 5.07. The van der Waals surface area contributed by atoms with E-state index in [2.05, 4.69) is 34.1 Å². The van der Waals surface area contributed by atoms with Crippen molar-refractivity contribution in [2.75, 3.05) is 37.0 Å². The number of benzene rings is 2. The molecule has 0 bridgehead atoms. The van der Waals surface area contributed by atoms with Crippen LogP contribution in [0, 0.1) is 5.92 Å². The van der Waals surface area contributed by atoms with E-state index < -0.39 is 11.7 Å². The van der Waals surface area contributed by atoms with Crippen molar-refractivity contribution in [2.24, 2.45) is 5.92 Å². The first kappa shape index (κ1) is 20.3. The number of likely N-dealkylation sites (tertiary alicyclic amines) is 1. The third-order valence-corrected chi connectivity index (χ3v) is 6.82. The van der Waals surface area contributed by atoms with E-state index in [-0.39, 0.29) is 11.7 Å². The minimum Gasteiger partial charge on any atom is -0.360 e. The van der Waals surface area contributed by atoms with Crippen molar-refractivity contribution < 1.29 is 18.0 Å². The zero-order valence-corrected chi connectivity index (χ0v) is 16.8. The molecule has 0 aliphatic carbocycles. The van der Waals surface area contributed by atoms with Crippen molar-refractivity contribution in [3.8, 4) is 0 Å². The Morgan fingerprint density at radius 1 is 1.00 bits per heavy atom. The fourth-order valence-electron chi connectivity index (χ4n) is 3.98. The zero-order valence-electron chi connectivity index (χ0n) is 16.0. The molecule has 0 unspecified atom stereocenters. The number of nitrogens with zero attached hydrogens (tertiary/aromatic N) is 2. The van der Waals surface area contributed by atoms with Crippen molar-refractivity contribution in [1.29, 1.82) is 0 Å². The van der Waals surface area contributed by atoms with Gasteiger partial charge in [-0.3, -0.25) is 4.79 Å². The highest BCUT2D eigenvalue weighted by Gasteiger charge is 2.31. The number of hydrogen-bond acceptors (Lipinski definition) is 4. The van der Waals surface area contributed by atoms with E-state index in [4.69, 9.17) is 0 Å². The van der Waals surface area contributed by atoms with Gasteiger partial charge in [0.05, 0.1) is 17.1 Å². The monoisotopic (exact) mass is 420 g/mol. The van der Waals surface area contributed by atoms with Crippen LogP contribution in [0.5, 0.6) is 0 Å². The Labute approximate surface area is 172 Å². The zero-order chi connectivity index (χ0) is 20.4. The number of Topliss-reactive ketones (excluding diaryl/α,β-unsaturated/α-hetero) is 1. The van der Waals surface area contributed by atoms with Crippen LogP contribution in [0.2, 0.25) is 0 Å². The summed E-state index contributed by atoms with van der Waals surface area (Å²) in [5.74, 6) is 0.830. The molecule has 7 heteroatoms. The molecule has 0 saturated carbocycles. The Balaban J connectivity index is 1.27. The number of thioether (sulfide) groups is 1. The molecule has 29 heavy (non-hydrogen) atoms. The summed E-state index contributed by atoms with van der Waals surface area (Å²) in [4.78, 5) is 18.8. The van der Waals surface area contributed by atoms with Crippen LogP contribution in [0.3, 0.4) is 0 Å². The maximum absolute atomic E-state index is 12.7. The Kier molecular flexibility index (Phi) is 5.88. The third kappa shape index (κ3) is 4.61. The summed E-state index contributed by atoms with van der Waals surface area (Å²) in [5, 5.41) is 0. The Morgan fingerprint density at radius 3 is 2.38 bits per heavy atom. The van der Waals surface area contributed by atoms with Gasteiger partial charge in [-0.2, -0.15) is 13.2 Å². The van der Waals surface area contributed by atoms with Crippen LogP contribution < -0.4 is 4.90 Å². The number of piperidine rings is 1. The fraction of sp³-hybridized carbons (Fsp3) is 0.409. The van der Waals surface area contributed by atoms with Crippen LogP contribution in [0.4, 0.5) is 18.9 Å². The maximum Gasteiger partial charge on any atom is 0.416 e. The van der Waals surface area contributed by atoms with Crippen LogP contribution in [0.15, 0.2) is 53.4 Å². The van der Waals surface area contributed by atoms with E-state index in [0.29, 0.717) is 5.56 Å². The molecule has 2 aromatic rings. The number of rotatable bonds is 5. The smallest absolute Gasteiger partial charge is 0.360 e. The molecule has 0 aromatic heterocycles. The van der Waals surface area contributed by atoms with Crippen molar-refractivity contribution in [1.82, 2.24) is 4.90 Å². The first-order chi connectivity index (χ1) is 13.9. The third-order valence-electron chi connectivity index (χ3n) is 5.72. The summed E-state index contributed by atoms with van der Waals surface area (Å²) in [5.41, 5.74) is 0.956. The first-order valence-corrected chi connectivity index (χ1v) is 10.8. The molecule has 1 fully saturated rings. The van der Waals surface area contributed by atoms with Gasteiger partial charge >= 0.3 is 6.18 Å². The molecule has 0 radical (unpaired) electrons. The van der Waals surface area contributed by atoms with Gasteiger partial charge in [0.1, 0.15) is 0 Å². The molecular weight excluding hydrogens is 397 g/mol. The van der Waals surface area contributed by atoms with Gasteiger partial charge in [-0.05, 0) is 50.2 Å². The highest BCUT2D eigenvalue weighted by atomic mass is 32.2. The van der Waals surface area contributed by atoms with Crippen LogP contribution in [0.1, 0.15) is 28.8 Å². The quantitative estimate of drug-likeness (QED) is 0.623. The molecule has 3 nitrogen and oxygen atoms in total. The Hall–Kier alpha value is -1.99. The summed E-state index contributed by atoms with van der Waals surface area (Å²) in [7, 11) is 0. The Bertz CT molecular complexity index is 861. The Morgan fingerprint density at radius 2 is 1.69 bits per heavy atom. The summed E-state index contributed by atoms with van der Waals surface area (Å²) in [6.45, 7) is 3.61. The van der Waals surface area contributed by atoms with Crippen LogP contribution in [-0.2, 0) is 6.18 Å². The van der Waals surface area contributed by atoms with E-state index in [1.54, 1.807) is 0 Å². The topological polar surface area (TPSA) is 23.6 Å². The number of halogens is 3. The van der Waals surface area contributed by atoms with Crippen LogP contribution in [-0.4, -0.2) is 42.7 Å². The van der Waals surface area contributed by atoms with Crippen molar-refractivity contribution >= 4 is 23.2 Å². The van der Waals surface area contributed by atoms with E-state index in [1.807, 2.05) is 11.8 Å². The molecule has 1 saturated heterocycles. The molecule has 2 aliphatic heterocycles. The van der Waals surface area contributed by atoms with E-state index in [1.165, 1.54) is 22.7 Å². The minimum absolute atomic E-state index is 0.0387. The summed E-state index contributed by atoms with van der Waals surface area (Å²) in [6.07, 6.45) is -2.86. The predicted molar refractivity (Wildman–Crippen MR) is 109 cm³/mol. The van der Waals surface area contributed by atoms with Crippen molar-refractivity contribution in [3.05, 3.63) is 59.7 Å². The number of anilines is 1. The van der Waals surface area contributed by atoms with Gasteiger partial charge in [-0.15, -0.1) is 11.8 Å². The number of ketones is 1. The average Bonchev–Trinajstić information content (AvgIpc) is 3.15. The molecule has 2 heterocycles. The highest BCUT2D eigenvalue weighted by Crippen LogP contribution is 2.37. The van der Waals surface area contributed by atoms with Crippen LogP contribution in [0.25, 0.3) is 0 Å². The molecule has 2 aromatic carbocycles. The number of para-hydroxylation sites is 1. The molecule has 0 atom stereocenters. The van der Waals surface area contributed by atoms with Gasteiger partial charge < -0.3 is 9.80 Å². The van der Waals surface area contributed by atoms with Crippen molar-refractivity contribution in [3.63, 3.8) is 0 Å². The lowest BCUT2D eigenvalue weighted by atomic mass is 9.88. The molecule has 0 N–H and O–H groups in total. The van der Waals surface area contributed by atoms with E-state index in [0.717, 1.165) is 57.0 Å². The normalized spacial score (nSPS) is 18.1. The summed E-state index contributed by atoms with van der Waals surface area (Å²) in [6, 6.07) is 13.0.